The van der Waals surface area contributed by atoms with Gasteiger partial charge in [0.2, 0.25) is 5.91 Å². The van der Waals surface area contributed by atoms with Crippen LogP contribution in [0.15, 0.2) is 24.3 Å². The molecule has 4 heteroatoms. The van der Waals surface area contributed by atoms with Gasteiger partial charge in [0.05, 0.1) is 19.3 Å². The molecule has 1 saturated heterocycles. The van der Waals surface area contributed by atoms with Crippen molar-refractivity contribution in [3.8, 4) is 0 Å². The summed E-state index contributed by atoms with van der Waals surface area (Å²) < 4.78 is 5.60. The number of amides is 1. The molecule has 1 aromatic carbocycles. The van der Waals surface area contributed by atoms with Crippen LogP contribution in [0.25, 0.3) is 0 Å². The van der Waals surface area contributed by atoms with Crippen molar-refractivity contribution in [2.24, 2.45) is 0 Å². The Kier molecular flexibility index (Phi) is 5.37. The Morgan fingerprint density at radius 1 is 1.38 bits per heavy atom. The molecule has 1 N–H and O–H groups in total. The van der Waals surface area contributed by atoms with Gasteiger partial charge in [0.1, 0.15) is 0 Å². The average Bonchev–Trinajstić information content (AvgIpc) is 2.43. The number of morpholine rings is 1. The maximum absolute atomic E-state index is 12.3. The van der Waals surface area contributed by atoms with Gasteiger partial charge in [0, 0.05) is 18.3 Å². The highest BCUT2D eigenvalue weighted by atomic mass is 16.5. The van der Waals surface area contributed by atoms with E-state index in [1.54, 1.807) is 0 Å². The second-order valence-corrected chi connectivity index (χ2v) is 6.21. The second kappa shape index (κ2) is 7.05. The van der Waals surface area contributed by atoms with Gasteiger partial charge in [-0.1, -0.05) is 32.0 Å². The Bertz CT molecular complexity index is 487. The lowest BCUT2D eigenvalue weighted by atomic mass is 10.0. The van der Waals surface area contributed by atoms with Gasteiger partial charge in [0.25, 0.3) is 0 Å². The van der Waals surface area contributed by atoms with Crippen LogP contribution in [0.5, 0.6) is 0 Å². The molecule has 0 bridgehead atoms. The predicted molar refractivity (Wildman–Crippen MR) is 85.6 cm³/mol. The van der Waals surface area contributed by atoms with E-state index in [0.29, 0.717) is 19.1 Å². The molecule has 1 aliphatic rings. The van der Waals surface area contributed by atoms with Crippen LogP contribution in [0.2, 0.25) is 0 Å². The van der Waals surface area contributed by atoms with E-state index in [-0.39, 0.29) is 18.1 Å². The summed E-state index contributed by atoms with van der Waals surface area (Å²) in [5.41, 5.74) is 2.10. The molecule has 1 aliphatic heterocycles. The fourth-order valence-electron chi connectivity index (χ4n) is 2.68. The molecule has 116 valence electrons. The van der Waals surface area contributed by atoms with Gasteiger partial charge in [0.15, 0.2) is 0 Å². The zero-order valence-electron chi connectivity index (χ0n) is 13.4. The third-order valence-electron chi connectivity index (χ3n) is 3.94. The van der Waals surface area contributed by atoms with Gasteiger partial charge in [-0.15, -0.1) is 0 Å². The Balaban J connectivity index is 1.98. The molecular weight excluding hydrogens is 264 g/mol. The van der Waals surface area contributed by atoms with Gasteiger partial charge in [-0.3, -0.25) is 9.69 Å². The van der Waals surface area contributed by atoms with Crippen molar-refractivity contribution in [1.82, 2.24) is 4.90 Å². The zero-order chi connectivity index (χ0) is 15.4. The van der Waals surface area contributed by atoms with E-state index in [2.05, 4.69) is 37.1 Å². The van der Waals surface area contributed by atoms with Crippen molar-refractivity contribution in [3.05, 3.63) is 29.8 Å². The van der Waals surface area contributed by atoms with Crippen molar-refractivity contribution in [3.63, 3.8) is 0 Å². The Hall–Kier alpha value is -1.39. The molecule has 1 heterocycles. The molecule has 0 radical (unpaired) electrons. The van der Waals surface area contributed by atoms with Crippen LogP contribution < -0.4 is 5.32 Å². The lowest BCUT2D eigenvalue weighted by molar-refractivity contribution is -0.121. The SMILES string of the molecule is CC1CN(CC(=O)Nc2ccccc2C(C)C)C(C)CO1. The Labute approximate surface area is 127 Å². The minimum Gasteiger partial charge on any atom is -0.376 e. The molecule has 21 heavy (non-hydrogen) atoms. The van der Waals surface area contributed by atoms with Crippen molar-refractivity contribution < 1.29 is 9.53 Å². The molecule has 2 rings (SSSR count). The number of carbonyl (C=O) groups is 1. The molecule has 1 amide bonds. The van der Waals surface area contributed by atoms with E-state index < -0.39 is 0 Å². The van der Waals surface area contributed by atoms with Gasteiger partial charge in [-0.25, -0.2) is 0 Å². The van der Waals surface area contributed by atoms with E-state index in [0.717, 1.165) is 12.2 Å². The maximum Gasteiger partial charge on any atom is 0.238 e. The first-order valence-electron chi connectivity index (χ1n) is 7.71. The van der Waals surface area contributed by atoms with Gasteiger partial charge < -0.3 is 10.1 Å². The van der Waals surface area contributed by atoms with Crippen LogP contribution >= 0.6 is 0 Å². The summed E-state index contributed by atoms with van der Waals surface area (Å²) in [5.74, 6) is 0.438. The van der Waals surface area contributed by atoms with Gasteiger partial charge in [-0.05, 0) is 31.4 Å². The van der Waals surface area contributed by atoms with Gasteiger partial charge in [-0.2, -0.15) is 0 Å². The molecule has 2 unspecified atom stereocenters. The lowest BCUT2D eigenvalue weighted by Gasteiger charge is -2.36. The van der Waals surface area contributed by atoms with Crippen LogP contribution in [0.4, 0.5) is 5.69 Å². The molecular formula is C17H26N2O2. The van der Waals surface area contributed by atoms with Crippen molar-refractivity contribution in [2.75, 3.05) is 25.0 Å². The van der Waals surface area contributed by atoms with Crippen molar-refractivity contribution in [1.29, 1.82) is 0 Å². The van der Waals surface area contributed by atoms with Crippen LogP contribution in [-0.4, -0.2) is 42.6 Å². The number of carbonyl (C=O) groups excluding carboxylic acids is 1. The quantitative estimate of drug-likeness (QED) is 0.927. The number of benzene rings is 1. The van der Waals surface area contributed by atoms with Crippen molar-refractivity contribution in [2.45, 2.75) is 45.8 Å². The fraction of sp³-hybridized carbons (Fsp3) is 0.588. The molecule has 4 nitrogen and oxygen atoms in total. The molecule has 0 aromatic heterocycles. The first-order chi connectivity index (χ1) is 9.97. The number of hydrogen-bond donors (Lipinski definition) is 1. The molecule has 2 atom stereocenters. The summed E-state index contributed by atoms with van der Waals surface area (Å²) >= 11 is 0. The second-order valence-electron chi connectivity index (χ2n) is 6.21. The summed E-state index contributed by atoms with van der Waals surface area (Å²) in [4.78, 5) is 14.5. The minimum atomic E-state index is 0.0454. The summed E-state index contributed by atoms with van der Waals surface area (Å²) in [6.45, 7) is 10.3. The highest BCUT2D eigenvalue weighted by molar-refractivity contribution is 5.93. The summed E-state index contributed by atoms with van der Waals surface area (Å²) in [6, 6.07) is 8.29. The number of rotatable bonds is 4. The van der Waals surface area contributed by atoms with Crippen LogP contribution in [0.1, 0.15) is 39.2 Å². The van der Waals surface area contributed by atoms with Crippen LogP contribution in [0, 0.1) is 0 Å². The molecule has 0 saturated carbocycles. The third kappa shape index (κ3) is 4.29. The van der Waals surface area contributed by atoms with Crippen molar-refractivity contribution >= 4 is 11.6 Å². The molecule has 0 spiro atoms. The number of nitrogens with one attached hydrogen (secondary N) is 1. The predicted octanol–water partition coefficient (Wildman–Crippen LogP) is 2.86. The fourth-order valence-corrected chi connectivity index (χ4v) is 2.68. The smallest absolute Gasteiger partial charge is 0.238 e. The molecule has 1 aromatic rings. The summed E-state index contributed by atoms with van der Waals surface area (Å²) in [7, 11) is 0. The van der Waals surface area contributed by atoms with E-state index >= 15 is 0 Å². The number of hydrogen-bond acceptors (Lipinski definition) is 3. The van der Waals surface area contributed by atoms with E-state index in [1.165, 1.54) is 5.56 Å². The number of anilines is 1. The average molecular weight is 290 g/mol. The maximum atomic E-state index is 12.3. The first-order valence-corrected chi connectivity index (χ1v) is 7.71. The van der Waals surface area contributed by atoms with Crippen LogP contribution in [0.3, 0.4) is 0 Å². The Morgan fingerprint density at radius 3 is 2.81 bits per heavy atom. The summed E-state index contributed by atoms with van der Waals surface area (Å²) in [6.07, 6.45) is 0.192. The minimum absolute atomic E-state index is 0.0454. The van der Waals surface area contributed by atoms with Crippen LogP contribution in [-0.2, 0) is 9.53 Å². The monoisotopic (exact) mass is 290 g/mol. The highest BCUT2D eigenvalue weighted by Crippen LogP contribution is 2.23. The lowest BCUT2D eigenvalue weighted by Crippen LogP contribution is -2.50. The number of nitrogens with zero attached hydrogens (tertiary/aromatic N) is 1. The van der Waals surface area contributed by atoms with E-state index in [1.807, 2.05) is 25.1 Å². The first kappa shape index (κ1) is 16.0. The molecule has 1 fully saturated rings. The van der Waals surface area contributed by atoms with Gasteiger partial charge >= 0.3 is 0 Å². The standard InChI is InChI=1S/C17H26N2O2/c1-12(2)15-7-5-6-8-16(15)18-17(20)10-19-9-14(4)21-11-13(19)3/h5-8,12-14H,9-11H2,1-4H3,(H,18,20). The number of ether oxygens (including phenoxy) is 1. The Morgan fingerprint density at radius 2 is 2.10 bits per heavy atom. The van der Waals surface area contributed by atoms with E-state index in [4.69, 9.17) is 4.74 Å². The van der Waals surface area contributed by atoms with E-state index in [9.17, 15) is 4.79 Å². The molecule has 0 aliphatic carbocycles. The third-order valence-corrected chi connectivity index (χ3v) is 3.94. The zero-order valence-corrected chi connectivity index (χ0v) is 13.4. The topological polar surface area (TPSA) is 41.6 Å². The highest BCUT2D eigenvalue weighted by Gasteiger charge is 2.25. The number of para-hydroxylation sites is 1. The largest absolute Gasteiger partial charge is 0.376 e. The summed E-state index contributed by atoms with van der Waals surface area (Å²) in [5, 5.41) is 3.05. The normalized spacial score (nSPS) is 23.3.